The van der Waals surface area contributed by atoms with Crippen molar-refractivity contribution in [3.63, 3.8) is 0 Å². The zero-order valence-electron chi connectivity index (χ0n) is 11.2. The second-order valence-corrected chi connectivity index (χ2v) is 5.48. The molecular weight excluding hydrogens is 232 g/mol. The topological polar surface area (TPSA) is 20.2 Å². The molecule has 0 amide bonds. The Labute approximate surface area is 114 Å². The summed E-state index contributed by atoms with van der Waals surface area (Å²) >= 11 is 0. The molecule has 0 spiro atoms. The predicted molar refractivity (Wildman–Crippen MR) is 79.4 cm³/mol. The van der Waals surface area contributed by atoms with Crippen molar-refractivity contribution in [2.45, 2.75) is 38.0 Å². The maximum atomic E-state index is 10.3. The molecule has 2 aromatic rings. The van der Waals surface area contributed by atoms with E-state index in [0.29, 0.717) is 11.7 Å². The lowest BCUT2D eigenvalue weighted by molar-refractivity contribution is 0.438. The number of aromatic hydroxyl groups is 1. The van der Waals surface area contributed by atoms with Crippen molar-refractivity contribution in [1.82, 2.24) is 0 Å². The second-order valence-electron chi connectivity index (χ2n) is 5.48. The van der Waals surface area contributed by atoms with Gasteiger partial charge in [0, 0.05) is 5.56 Å². The van der Waals surface area contributed by atoms with Crippen molar-refractivity contribution in [2.24, 2.45) is 0 Å². The Balaban J connectivity index is 1.89. The van der Waals surface area contributed by atoms with Gasteiger partial charge in [0.25, 0.3) is 0 Å². The van der Waals surface area contributed by atoms with Crippen LogP contribution in [0.2, 0.25) is 0 Å². The summed E-state index contributed by atoms with van der Waals surface area (Å²) in [5.74, 6) is 1.05. The van der Waals surface area contributed by atoms with Gasteiger partial charge in [-0.05, 0) is 36.0 Å². The summed E-state index contributed by atoms with van der Waals surface area (Å²) in [6, 6.07) is 16.3. The number of hydrogen-bond acceptors (Lipinski definition) is 1. The molecule has 0 aromatic heterocycles. The summed E-state index contributed by atoms with van der Waals surface area (Å²) in [7, 11) is 0. The minimum absolute atomic E-state index is 0.411. The van der Waals surface area contributed by atoms with Crippen LogP contribution in [0.4, 0.5) is 0 Å². The van der Waals surface area contributed by atoms with Crippen molar-refractivity contribution < 1.29 is 5.11 Å². The van der Waals surface area contributed by atoms with Gasteiger partial charge < -0.3 is 5.11 Å². The highest BCUT2D eigenvalue weighted by atomic mass is 16.3. The Morgan fingerprint density at radius 1 is 0.842 bits per heavy atom. The molecule has 0 bridgehead atoms. The molecule has 1 N–H and O–H groups in total. The lowest BCUT2D eigenvalue weighted by atomic mass is 9.83. The Morgan fingerprint density at radius 3 is 2.26 bits per heavy atom. The normalized spacial score (nSPS) is 16.4. The maximum absolute atomic E-state index is 10.3. The van der Waals surface area contributed by atoms with E-state index < -0.39 is 0 Å². The standard InChI is InChI=1S/C18H20O/c19-18-13-16(14-7-3-1-4-8-14)11-12-17(18)15-9-5-2-6-10-15/h2,5-6,9-14,19H,1,3-4,7-8H2. The van der Waals surface area contributed by atoms with E-state index in [-0.39, 0.29) is 0 Å². The highest BCUT2D eigenvalue weighted by molar-refractivity contribution is 5.70. The molecule has 1 fully saturated rings. The lowest BCUT2D eigenvalue weighted by Gasteiger charge is -2.22. The summed E-state index contributed by atoms with van der Waals surface area (Å²) in [4.78, 5) is 0. The molecule has 1 aliphatic rings. The quantitative estimate of drug-likeness (QED) is 0.787. The van der Waals surface area contributed by atoms with Crippen LogP contribution in [-0.4, -0.2) is 5.11 Å². The second kappa shape index (κ2) is 5.48. The van der Waals surface area contributed by atoms with Gasteiger partial charge in [-0.1, -0.05) is 61.7 Å². The molecule has 0 saturated heterocycles. The Hall–Kier alpha value is -1.76. The average Bonchev–Trinajstić information content (AvgIpc) is 2.49. The number of hydrogen-bond donors (Lipinski definition) is 1. The highest BCUT2D eigenvalue weighted by Crippen LogP contribution is 2.37. The van der Waals surface area contributed by atoms with Crippen molar-refractivity contribution in [3.05, 3.63) is 54.1 Å². The molecule has 1 nitrogen and oxygen atoms in total. The molecule has 2 aromatic carbocycles. The number of phenolic OH excluding ortho intramolecular Hbond substituents is 1. The molecule has 0 atom stereocenters. The largest absolute Gasteiger partial charge is 0.507 e. The molecule has 19 heavy (non-hydrogen) atoms. The molecule has 1 saturated carbocycles. The molecule has 0 heterocycles. The monoisotopic (exact) mass is 252 g/mol. The van der Waals surface area contributed by atoms with Crippen molar-refractivity contribution in [2.75, 3.05) is 0 Å². The van der Waals surface area contributed by atoms with Gasteiger partial charge >= 0.3 is 0 Å². The zero-order valence-corrected chi connectivity index (χ0v) is 11.2. The summed E-state index contributed by atoms with van der Waals surface area (Å²) in [6.07, 6.45) is 6.55. The van der Waals surface area contributed by atoms with Gasteiger partial charge in [-0.3, -0.25) is 0 Å². The van der Waals surface area contributed by atoms with Crippen LogP contribution in [0, 0.1) is 0 Å². The first-order chi connectivity index (χ1) is 9.34. The summed E-state index contributed by atoms with van der Waals surface area (Å²) in [5, 5.41) is 10.3. The average molecular weight is 252 g/mol. The summed E-state index contributed by atoms with van der Waals surface area (Å²) in [5.41, 5.74) is 3.31. The zero-order chi connectivity index (χ0) is 13.1. The number of benzene rings is 2. The smallest absolute Gasteiger partial charge is 0.123 e. The third-order valence-corrected chi connectivity index (χ3v) is 4.18. The molecule has 1 aliphatic carbocycles. The van der Waals surface area contributed by atoms with Gasteiger partial charge in [-0.15, -0.1) is 0 Å². The molecule has 0 aliphatic heterocycles. The molecule has 1 heteroatoms. The minimum atomic E-state index is 0.411. The van der Waals surface area contributed by atoms with E-state index in [4.69, 9.17) is 0 Å². The minimum Gasteiger partial charge on any atom is -0.507 e. The summed E-state index contributed by atoms with van der Waals surface area (Å²) in [6.45, 7) is 0. The number of phenols is 1. The third kappa shape index (κ3) is 2.65. The SMILES string of the molecule is Oc1cc(C2CCCCC2)ccc1-c1ccccc1. The first-order valence-corrected chi connectivity index (χ1v) is 7.23. The van der Waals surface area contributed by atoms with Crippen LogP contribution in [-0.2, 0) is 0 Å². The lowest BCUT2D eigenvalue weighted by Crippen LogP contribution is -2.04. The molecule has 0 unspecified atom stereocenters. The van der Waals surface area contributed by atoms with E-state index in [9.17, 15) is 5.11 Å². The van der Waals surface area contributed by atoms with Crippen LogP contribution in [0.5, 0.6) is 5.75 Å². The summed E-state index contributed by atoms with van der Waals surface area (Å²) < 4.78 is 0. The van der Waals surface area contributed by atoms with Crippen LogP contribution in [0.25, 0.3) is 11.1 Å². The third-order valence-electron chi connectivity index (χ3n) is 4.18. The maximum Gasteiger partial charge on any atom is 0.123 e. The molecule has 0 radical (unpaired) electrons. The molecule has 3 rings (SSSR count). The van der Waals surface area contributed by atoms with E-state index >= 15 is 0 Å². The first-order valence-electron chi connectivity index (χ1n) is 7.23. The van der Waals surface area contributed by atoms with Gasteiger partial charge in [-0.25, -0.2) is 0 Å². The molecule has 98 valence electrons. The highest BCUT2D eigenvalue weighted by Gasteiger charge is 2.16. The Morgan fingerprint density at radius 2 is 1.58 bits per heavy atom. The van der Waals surface area contributed by atoms with E-state index in [1.165, 1.54) is 37.7 Å². The fraction of sp³-hybridized carbons (Fsp3) is 0.333. The van der Waals surface area contributed by atoms with Crippen LogP contribution in [0.3, 0.4) is 0 Å². The van der Waals surface area contributed by atoms with E-state index in [2.05, 4.69) is 12.1 Å². The van der Waals surface area contributed by atoms with Gasteiger partial charge in [0.2, 0.25) is 0 Å². The van der Waals surface area contributed by atoms with E-state index in [0.717, 1.165) is 11.1 Å². The fourth-order valence-corrected chi connectivity index (χ4v) is 3.10. The predicted octanol–water partition coefficient (Wildman–Crippen LogP) is 5.11. The fourth-order valence-electron chi connectivity index (χ4n) is 3.10. The Kier molecular flexibility index (Phi) is 3.54. The van der Waals surface area contributed by atoms with Crippen LogP contribution in [0.1, 0.15) is 43.6 Å². The van der Waals surface area contributed by atoms with Crippen molar-refractivity contribution in [1.29, 1.82) is 0 Å². The van der Waals surface area contributed by atoms with Gasteiger partial charge in [0.05, 0.1) is 0 Å². The van der Waals surface area contributed by atoms with Gasteiger partial charge in [0.1, 0.15) is 5.75 Å². The van der Waals surface area contributed by atoms with Crippen LogP contribution >= 0.6 is 0 Å². The number of rotatable bonds is 2. The van der Waals surface area contributed by atoms with E-state index in [1.54, 1.807) is 0 Å². The molecular formula is C18H20O. The van der Waals surface area contributed by atoms with Gasteiger partial charge in [0.15, 0.2) is 0 Å². The van der Waals surface area contributed by atoms with Crippen molar-refractivity contribution in [3.8, 4) is 16.9 Å². The van der Waals surface area contributed by atoms with Crippen molar-refractivity contribution >= 4 is 0 Å². The van der Waals surface area contributed by atoms with Gasteiger partial charge in [-0.2, -0.15) is 0 Å². The van der Waals surface area contributed by atoms with Crippen LogP contribution in [0.15, 0.2) is 48.5 Å². The van der Waals surface area contributed by atoms with E-state index in [1.807, 2.05) is 36.4 Å². The Bertz CT molecular complexity index is 539. The van der Waals surface area contributed by atoms with Crippen LogP contribution < -0.4 is 0 Å². The first kappa shape index (κ1) is 12.3.